The van der Waals surface area contributed by atoms with E-state index in [0.717, 1.165) is 11.1 Å². The molecule has 3 rings (SSSR count). The van der Waals surface area contributed by atoms with Gasteiger partial charge in [0.05, 0.1) is 6.04 Å². The SMILES string of the molecule is CC(=O)c1cc(/C=C/c2ccccc2)c2c(c1)[C@H](N)[C@@H](O)C(C)(C)O2. The lowest BCUT2D eigenvalue weighted by Crippen LogP contribution is -2.51. The van der Waals surface area contributed by atoms with E-state index >= 15 is 0 Å². The zero-order chi connectivity index (χ0) is 18.2. The predicted octanol–water partition coefficient (Wildman–Crippen LogP) is 3.59. The lowest BCUT2D eigenvalue weighted by Gasteiger charge is -2.41. The Bertz CT molecular complexity index is 825. The molecule has 0 saturated carbocycles. The first-order valence-electron chi connectivity index (χ1n) is 8.34. The zero-order valence-corrected chi connectivity index (χ0v) is 14.7. The molecule has 0 bridgehead atoms. The van der Waals surface area contributed by atoms with Gasteiger partial charge in [-0.25, -0.2) is 0 Å². The van der Waals surface area contributed by atoms with Crippen LogP contribution in [0.3, 0.4) is 0 Å². The number of aliphatic hydroxyl groups excluding tert-OH is 1. The molecule has 4 heteroatoms. The van der Waals surface area contributed by atoms with Gasteiger partial charge >= 0.3 is 0 Å². The molecule has 1 heterocycles. The van der Waals surface area contributed by atoms with Crippen LogP contribution in [0.2, 0.25) is 0 Å². The molecule has 0 spiro atoms. The van der Waals surface area contributed by atoms with Gasteiger partial charge in [0.15, 0.2) is 5.78 Å². The summed E-state index contributed by atoms with van der Waals surface area (Å²) in [6.07, 6.45) is 3.03. The first-order chi connectivity index (χ1) is 11.8. The monoisotopic (exact) mass is 337 g/mol. The normalized spacial score (nSPS) is 21.6. The molecule has 0 saturated heterocycles. The van der Waals surface area contributed by atoms with E-state index in [1.807, 2.05) is 56.3 Å². The summed E-state index contributed by atoms with van der Waals surface area (Å²) in [5.41, 5.74) is 8.48. The number of Topliss-reactive ketones (excluding diaryl/α,β-unsaturated/α-hetero) is 1. The second-order valence-electron chi connectivity index (χ2n) is 6.96. The van der Waals surface area contributed by atoms with Gasteiger partial charge in [-0.1, -0.05) is 42.5 Å². The summed E-state index contributed by atoms with van der Waals surface area (Å²) in [6.45, 7) is 5.13. The van der Waals surface area contributed by atoms with Crippen LogP contribution in [0.25, 0.3) is 12.2 Å². The topological polar surface area (TPSA) is 72.6 Å². The number of aliphatic hydroxyl groups is 1. The molecular formula is C21H23NO3. The van der Waals surface area contributed by atoms with Crippen molar-refractivity contribution in [3.8, 4) is 5.75 Å². The van der Waals surface area contributed by atoms with Crippen LogP contribution in [-0.4, -0.2) is 22.6 Å². The summed E-state index contributed by atoms with van der Waals surface area (Å²) >= 11 is 0. The fraction of sp³-hybridized carbons (Fsp3) is 0.286. The Hall–Kier alpha value is -2.43. The van der Waals surface area contributed by atoms with Gasteiger partial charge in [-0.2, -0.15) is 0 Å². The highest BCUT2D eigenvalue weighted by Gasteiger charge is 2.42. The summed E-state index contributed by atoms with van der Waals surface area (Å²) in [5, 5.41) is 10.4. The Morgan fingerprint density at radius 1 is 1.20 bits per heavy atom. The number of hydrogen-bond acceptors (Lipinski definition) is 4. The van der Waals surface area contributed by atoms with E-state index in [1.54, 1.807) is 12.1 Å². The first-order valence-corrected chi connectivity index (χ1v) is 8.34. The van der Waals surface area contributed by atoms with Crippen LogP contribution in [0.1, 0.15) is 53.9 Å². The smallest absolute Gasteiger partial charge is 0.159 e. The van der Waals surface area contributed by atoms with Crippen molar-refractivity contribution in [1.29, 1.82) is 0 Å². The van der Waals surface area contributed by atoms with Crippen LogP contribution in [0.5, 0.6) is 5.75 Å². The third-order valence-corrected chi connectivity index (χ3v) is 4.58. The van der Waals surface area contributed by atoms with Crippen molar-refractivity contribution < 1.29 is 14.6 Å². The third-order valence-electron chi connectivity index (χ3n) is 4.58. The standard InChI is InChI=1S/C21H23NO3/c1-13(23)16-11-15(10-9-14-7-5-4-6-8-14)19-17(12-16)18(22)20(24)21(2,3)25-19/h4-12,18,20,24H,22H2,1-3H3/b10-9+/t18-,20+/m0/s1. The van der Waals surface area contributed by atoms with Crippen molar-refractivity contribution in [2.75, 3.05) is 0 Å². The van der Waals surface area contributed by atoms with Gasteiger partial charge in [0.2, 0.25) is 0 Å². The molecule has 0 amide bonds. The van der Waals surface area contributed by atoms with Crippen LogP contribution in [-0.2, 0) is 0 Å². The largest absolute Gasteiger partial charge is 0.484 e. The molecule has 0 aliphatic carbocycles. The fourth-order valence-electron chi connectivity index (χ4n) is 3.04. The van der Waals surface area contributed by atoms with Crippen LogP contribution in [0, 0.1) is 0 Å². The van der Waals surface area contributed by atoms with Crippen molar-refractivity contribution in [3.63, 3.8) is 0 Å². The number of ether oxygens (including phenoxy) is 1. The number of hydrogen-bond donors (Lipinski definition) is 2. The maximum absolute atomic E-state index is 11.9. The van der Waals surface area contributed by atoms with Crippen LogP contribution in [0.4, 0.5) is 0 Å². The second kappa shape index (κ2) is 6.47. The number of ketones is 1. The molecule has 2 aromatic carbocycles. The molecule has 130 valence electrons. The summed E-state index contributed by atoms with van der Waals surface area (Å²) < 4.78 is 6.06. The Morgan fingerprint density at radius 3 is 2.52 bits per heavy atom. The van der Waals surface area contributed by atoms with Crippen molar-refractivity contribution in [3.05, 3.63) is 64.7 Å². The Labute approximate surface area is 147 Å². The number of fused-ring (bicyclic) bond motifs is 1. The second-order valence-corrected chi connectivity index (χ2v) is 6.96. The van der Waals surface area contributed by atoms with Crippen molar-refractivity contribution in [2.45, 2.75) is 38.5 Å². The van der Waals surface area contributed by atoms with E-state index in [0.29, 0.717) is 16.9 Å². The van der Waals surface area contributed by atoms with Gasteiger partial charge in [-0.05, 0) is 38.5 Å². The molecule has 2 atom stereocenters. The van der Waals surface area contributed by atoms with Gasteiger partial charge in [-0.3, -0.25) is 4.79 Å². The molecule has 4 nitrogen and oxygen atoms in total. The maximum Gasteiger partial charge on any atom is 0.159 e. The molecule has 0 aromatic heterocycles. The molecule has 25 heavy (non-hydrogen) atoms. The number of carbonyl (C=O) groups excluding carboxylic acids is 1. The summed E-state index contributed by atoms with van der Waals surface area (Å²) in [6, 6.07) is 12.8. The van der Waals surface area contributed by atoms with Gasteiger partial charge < -0.3 is 15.6 Å². The molecule has 2 aromatic rings. The van der Waals surface area contributed by atoms with E-state index in [4.69, 9.17) is 10.5 Å². The molecular weight excluding hydrogens is 314 g/mol. The molecule has 0 radical (unpaired) electrons. The molecule has 3 N–H and O–H groups in total. The van der Waals surface area contributed by atoms with E-state index in [-0.39, 0.29) is 5.78 Å². The van der Waals surface area contributed by atoms with Crippen LogP contribution < -0.4 is 10.5 Å². The number of carbonyl (C=O) groups is 1. The van der Waals surface area contributed by atoms with Crippen LogP contribution >= 0.6 is 0 Å². The average Bonchev–Trinajstić information content (AvgIpc) is 2.58. The van der Waals surface area contributed by atoms with Gasteiger partial charge in [0, 0.05) is 16.7 Å². The number of rotatable bonds is 3. The Balaban J connectivity index is 2.13. The zero-order valence-electron chi connectivity index (χ0n) is 14.7. The van der Waals surface area contributed by atoms with Gasteiger partial charge in [0.1, 0.15) is 17.5 Å². The minimum Gasteiger partial charge on any atom is -0.484 e. The van der Waals surface area contributed by atoms with E-state index in [2.05, 4.69) is 0 Å². The highest BCUT2D eigenvalue weighted by molar-refractivity contribution is 5.95. The van der Waals surface area contributed by atoms with Gasteiger partial charge in [-0.15, -0.1) is 0 Å². The average molecular weight is 337 g/mol. The van der Waals surface area contributed by atoms with Crippen molar-refractivity contribution in [2.24, 2.45) is 5.73 Å². The highest BCUT2D eigenvalue weighted by atomic mass is 16.5. The third kappa shape index (κ3) is 3.36. The predicted molar refractivity (Wildman–Crippen MR) is 99.5 cm³/mol. The first kappa shape index (κ1) is 17.4. The Morgan fingerprint density at radius 2 is 1.88 bits per heavy atom. The lowest BCUT2D eigenvalue weighted by molar-refractivity contribution is -0.0573. The maximum atomic E-state index is 11.9. The number of benzene rings is 2. The van der Waals surface area contributed by atoms with Crippen molar-refractivity contribution >= 4 is 17.9 Å². The van der Waals surface area contributed by atoms with E-state index in [9.17, 15) is 9.90 Å². The van der Waals surface area contributed by atoms with E-state index in [1.165, 1.54) is 6.92 Å². The fourth-order valence-corrected chi connectivity index (χ4v) is 3.04. The lowest BCUT2D eigenvalue weighted by atomic mass is 9.84. The minimum atomic E-state index is -0.854. The minimum absolute atomic E-state index is 0.0521. The Kier molecular flexibility index (Phi) is 4.50. The highest BCUT2D eigenvalue weighted by Crippen LogP contribution is 2.42. The molecule has 1 aliphatic rings. The molecule has 0 unspecified atom stereocenters. The number of nitrogens with two attached hydrogens (primary N) is 1. The van der Waals surface area contributed by atoms with Gasteiger partial charge in [0.25, 0.3) is 0 Å². The summed E-state index contributed by atoms with van der Waals surface area (Å²) in [5.74, 6) is 0.573. The summed E-state index contributed by atoms with van der Waals surface area (Å²) in [4.78, 5) is 11.9. The van der Waals surface area contributed by atoms with E-state index < -0.39 is 17.7 Å². The summed E-state index contributed by atoms with van der Waals surface area (Å²) in [7, 11) is 0. The molecule has 1 aliphatic heterocycles. The molecule has 0 fully saturated rings. The van der Waals surface area contributed by atoms with Crippen molar-refractivity contribution in [1.82, 2.24) is 0 Å². The van der Waals surface area contributed by atoms with Crippen LogP contribution in [0.15, 0.2) is 42.5 Å². The quantitative estimate of drug-likeness (QED) is 0.663.